The molecule has 164 valence electrons. The summed E-state index contributed by atoms with van der Waals surface area (Å²) in [5.74, 6) is -1.37. The van der Waals surface area contributed by atoms with Crippen molar-refractivity contribution in [2.45, 2.75) is 31.4 Å². The molecule has 3 rings (SSSR count). The molecule has 1 unspecified atom stereocenters. The Morgan fingerprint density at radius 1 is 1.39 bits per heavy atom. The van der Waals surface area contributed by atoms with Gasteiger partial charge in [0.1, 0.15) is 5.71 Å². The first-order valence-corrected chi connectivity index (χ1v) is 10.2. The fraction of sp³-hybridized carbons (Fsp3) is 0.450. The van der Waals surface area contributed by atoms with Crippen LogP contribution in [0.15, 0.2) is 23.3 Å². The predicted octanol–water partition coefficient (Wildman–Crippen LogP) is 0.741. The molecule has 11 heteroatoms. The molecule has 1 saturated heterocycles. The van der Waals surface area contributed by atoms with E-state index in [2.05, 4.69) is 32.1 Å². The number of nitriles is 1. The molecule has 3 N–H and O–H groups in total. The lowest BCUT2D eigenvalue weighted by molar-refractivity contribution is -0.139. The number of hydrogen-bond acceptors (Lipinski definition) is 7. The Balaban J connectivity index is 1.73. The lowest BCUT2D eigenvalue weighted by Crippen LogP contribution is -2.57. The third kappa shape index (κ3) is 4.95. The Morgan fingerprint density at radius 3 is 2.74 bits per heavy atom. The van der Waals surface area contributed by atoms with Crippen LogP contribution in [-0.2, 0) is 14.3 Å². The summed E-state index contributed by atoms with van der Waals surface area (Å²) in [5, 5.41) is 18.8. The number of amides is 3. The third-order valence-electron chi connectivity index (χ3n) is 5.34. The van der Waals surface area contributed by atoms with Gasteiger partial charge in [-0.2, -0.15) is 10.4 Å². The molecule has 0 radical (unpaired) electrons. The monoisotopic (exact) mass is 446 g/mol. The molecule has 0 aromatic heterocycles. The van der Waals surface area contributed by atoms with E-state index in [1.54, 1.807) is 18.2 Å². The highest BCUT2D eigenvalue weighted by Gasteiger charge is 2.46. The highest BCUT2D eigenvalue weighted by Crippen LogP contribution is 2.35. The zero-order valence-electron chi connectivity index (χ0n) is 17.2. The zero-order valence-corrected chi connectivity index (χ0v) is 18.0. The molecular formula is C20H23ClN6O4. The minimum atomic E-state index is -0.967. The number of hydrogen-bond donors (Lipinski definition) is 3. The Labute approximate surface area is 184 Å². The highest BCUT2D eigenvalue weighted by molar-refractivity contribution is 6.35. The lowest BCUT2D eigenvalue weighted by atomic mass is 9.82. The summed E-state index contributed by atoms with van der Waals surface area (Å²) >= 11 is 6.37. The third-order valence-corrected chi connectivity index (χ3v) is 5.67. The molecule has 2 aliphatic rings. The lowest BCUT2D eigenvalue weighted by Gasteiger charge is -2.43. The molecule has 2 aliphatic heterocycles. The first-order valence-electron chi connectivity index (χ1n) is 9.80. The van der Waals surface area contributed by atoms with Crippen molar-refractivity contribution < 1.29 is 19.1 Å². The van der Waals surface area contributed by atoms with Gasteiger partial charge in [0, 0.05) is 56.2 Å². The van der Waals surface area contributed by atoms with Crippen molar-refractivity contribution in [3.8, 4) is 6.07 Å². The van der Waals surface area contributed by atoms with Gasteiger partial charge >= 0.3 is 17.9 Å². The van der Waals surface area contributed by atoms with Gasteiger partial charge in [0.25, 0.3) is 0 Å². The molecule has 0 aliphatic carbocycles. The van der Waals surface area contributed by atoms with Gasteiger partial charge in [0.15, 0.2) is 5.60 Å². The van der Waals surface area contributed by atoms with Crippen LogP contribution in [-0.4, -0.2) is 66.8 Å². The van der Waals surface area contributed by atoms with Crippen LogP contribution in [0, 0.1) is 11.3 Å². The van der Waals surface area contributed by atoms with Crippen LogP contribution in [0.2, 0.25) is 5.02 Å². The van der Waals surface area contributed by atoms with Gasteiger partial charge in [-0.3, -0.25) is 9.59 Å². The smallest absolute Gasteiger partial charge is 0.428 e. The molecule has 10 nitrogen and oxygen atoms in total. The molecule has 1 fully saturated rings. The van der Waals surface area contributed by atoms with Crippen molar-refractivity contribution in [2.75, 3.05) is 26.7 Å². The highest BCUT2D eigenvalue weighted by atomic mass is 35.5. The molecule has 1 spiro atoms. The number of benzene rings is 1. The van der Waals surface area contributed by atoms with Gasteiger partial charge in [-0.1, -0.05) is 11.6 Å². The molecule has 31 heavy (non-hydrogen) atoms. The van der Waals surface area contributed by atoms with Crippen molar-refractivity contribution in [1.82, 2.24) is 21.0 Å². The van der Waals surface area contributed by atoms with Gasteiger partial charge in [0.2, 0.25) is 0 Å². The number of hydrazone groups is 1. The average Bonchev–Trinajstić information content (AvgIpc) is 2.75. The van der Waals surface area contributed by atoms with E-state index in [9.17, 15) is 19.6 Å². The maximum atomic E-state index is 12.0. The van der Waals surface area contributed by atoms with Crippen LogP contribution in [0.3, 0.4) is 0 Å². The standard InChI is InChI=1S/C20H23ClN6O4/c1-12(24-18(29)17(28)23-2)11-27-7-5-20(6-8-27)16(25-26-19(30)31-20)14-9-13(10-22)3-4-15(14)21/h3-4,9,12H,5-8,11H2,1-2H3,(H,23,28)(H,24,29)(H,26,30). The second-order valence-electron chi connectivity index (χ2n) is 7.52. The maximum Gasteiger partial charge on any atom is 0.428 e. The number of likely N-dealkylation sites (N-methyl/N-ethyl adjacent to an activating group) is 1. The summed E-state index contributed by atoms with van der Waals surface area (Å²) in [6.07, 6.45) is 0.279. The molecule has 1 aromatic carbocycles. The minimum absolute atomic E-state index is 0.246. The van der Waals surface area contributed by atoms with E-state index in [1.807, 2.05) is 6.92 Å². The minimum Gasteiger partial charge on any atom is -0.435 e. The van der Waals surface area contributed by atoms with Crippen molar-refractivity contribution in [3.63, 3.8) is 0 Å². The van der Waals surface area contributed by atoms with Crippen LogP contribution in [0.4, 0.5) is 4.79 Å². The van der Waals surface area contributed by atoms with E-state index in [1.165, 1.54) is 7.05 Å². The maximum absolute atomic E-state index is 12.0. The Morgan fingerprint density at radius 2 is 2.10 bits per heavy atom. The van der Waals surface area contributed by atoms with E-state index in [-0.39, 0.29) is 6.04 Å². The van der Waals surface area contributed by atoms with E-state index in [4.69, 9.17) is 16.3 Å². The van der Waals surface area contributed by atoms with E-state index in [0.717, 1.165) is 0 Å². The topological polar surface area (TPSA) is 136 Å². The number of piperidine rings is 1. The summed E-state index contributed by atoms with van der Waals surface area (Å²) in [6, 6.07) is 6.69. The van der Waals surface area contributed by atoms with Gasteiger partial charge in [-0.05, 0) is 25.1 Å². The van der Waals surface area contributed by atoms with Crippen molar-refractivity contribution in [1.29, 1.82) is 5.26 Å². The van der Waals surface area contributed by atoms with E-state index < -0.39 is 23.5 Å². The first kappa shape index (κ1) is 22.5. The fourth-order valence-electron chi connectivity index (χ4n) is 3.81. The number of halogens is 1. The van der Waals surface area contributed by atoms with Crippen molar-refractivity contribution >= 4 is 35.2 Å². The van der Waals surface area contributed by atoms with Gasteiger partial charge in [-0.25, -0.2) is 10.2 Å². The van der Waals surface area contributed by atoms with Crippen LogP contribution < -0.4 is 16.1 Å². The largest absolute Gasteiger partial charge is 0.435 e. The summed E-state index contributed by atoms with van der Waals surface area (Å²) in [7, 11) is 1.40. The van der Waals surface area contributed by atoms with Gasteiger partial charge in [-0.15, -0.1) is 0 Å². The Bertz CT molecular complexity index is 965. The summed E-state index contributed by atoms with van der Waals surface area (Å²) in [5.41, 5.74) is 2.81. The van der Waals surface area contributed by atoms with Crippen LogP contribution in [0.1, 0.15) is 30.9 Å². The molecular weight excluding hydrogens is 424 g/mol. The normalized spacial score (nSPS) is 18.8. The average molecular weight is 447 g/mol. The zero-order chi connectivity index (χ0) is 22.6. The molecule has 0 bridgehead atoms. The number of nitrogens with one attached hydrogen (secondary N) is 3. The van der Waals surface area contributed by atoms with Crippen molar-refractivity contribution in [3.05, 3.63) is 34.3 Å². The SMILES string of the molecule is CNC(=O)C(=O)NC(C)CN1CCC2(CC1)OC(=O)NN=C2c1cc(C#N)ccc1Cl. The summed E-state index contributed by atoms with van der Waals surface area (Å²) < 4.78 is 5.70. The number of rotatable bonds is 4. The van der Waals surface area contributed by atoms with Crippen molar-refractivity contribution in [2.24, 2.45) is 5.10 Å². The first-order chi connectivity index (χ1) is 14.8. The van der Waals surface area contributed by atoms with E-state index in [0.29, 0.717) is 54.3 Å². The summed E-state index contributed by atoms with van der Waals surface area (Å²) in [6.45, 7) is 3.49. The van der Waals surface area contributed by atoms with Crippen LogP contribution in [0.5, 0.6) is 0 Å². The van der Waals surface area contributed by atoms with Crippen LogP contribution >= 0.6 is 11.6 Å². The quantitative estimate of drug-likeness (QED) is 0.583. The number of nitrogens with zero attached hydrogens (tertiary/aromatic N) is 3. The van der Waals surface area contributed by atoms with Crippen LogP contribution in [0.25, 0.3) is 0 Å². The second-order valence-corrected chi connectivity index (χ2v) is 7.92. The second kappa shape index (κ2) is 9.32. The molecule has 1 atom stereocenters. The molecule has 3 amide bonds. The van der Waals surface area contributed by atoms with Gasteiger partial charge in [0.05, 0.1) is 11.6 Å². The molecule has 1 aromatic rings. The summed E-state index contributed by atoms with van der Waals surface area (Å²) in [4.78, 5) is 37.2. The number of ether oxygens (including phenoxy) is 1. The molecule has 0 saturated carbocycles. The Hall–Kier alpha value is -3.16. The predicted molar refractivity (Wildman–Crippen MR) is 112 cm³/mol. The number of carbonyl (C=O) groups excluding carboxylic acids is 3. The molecule has 2 heterocycles. The van der Waals surface area contributed by atoms with Gasteiger partial charge < -0.3 is 20.3 Å². The Kier molecular flexibility index (Phi) is 6.77. The number of likely N-dealkylation sites (tertiary alicyclic amines) is 1. The number of carbonyl (C=O) groups is 3. The van der Waals surface area contributed by atoms with E-state index >= 15 is 0 Å². The fourth-order valence-corrected chi connectivity index (χ4v) is 4.01.